The standard InChI is InChI=1S/C13H13NS/c1-9-5-6-13(15-9)11-3-2-4-12-10(11)7-8-14-12/h2-6,14H,7-8H2,1H3. The normalized spacial score (nSPS) is 13.7. The van der Waals surface area contributed by atoms with E-state index in [-0.39, 0.29) is 0 Å². The van der Waals surface area contributed by atoms with Crippen LogP contribution in [-0.2, 0) is 6.42 Å². The second-order valence-corrected chi connectivity index (χ2v) is 5.21. The van der Waals surface area contributed by atoms with Crippen LogP contribution >= 0.6 is 11.3 Å². The SMILES string of the molecule is Cc1ccc(-c2cccc3c2CCN3)s1. The second-order valence-electron chi connectivity index (χ2n) is 3.92. The van der Waals surface area contributed by atoms with Crippen molar-refractivity contribution >= 4 is 17.0 Å². The van der Waals surface area contributed by atoms with Gasteiger partial charge < -0.3 is 5.32 Å². The molecule has 0 fully saturated rings. The lowest BCUT2D eigenvalue weighted by molar-refractivity contribution is 1.11. The van der Waals surface area contributed by atoms with Gasteiger partial charge in [0, 0.05) is 22.0 Å². The number of hydrogen-bond donors (Lipinski definition) is 1. The van der Waals surface area contributed by atoms with E-state index < -0.39 is 0 Å². The zero-order chi connectivity index (χ0) is 10.3. The van der Waals surface area contributed by atoms with Crippen LogP contribution in [0.3, 0.4) is 0 Å². The Balaban J connectivity index is 2.16. The maximum Gasteiger partial charge on any atom is 0.0380 e. The number of nitrogens with one attached hydrogen (secondary N) is 1. The molecule has 3 rings (SSSR count). The minimum atomic E-state index is 1.08. The molecule has 1 N–H and O–H groups in total. The molecule has 0 radical (unpaired) electrons. The number of rotatable bonds is 1. The Morgan fingerprint density at radius 2 is 2.13 bits per heavy atom. The van der Waals surface area contributed by atoms with Crippen LogP contribution in [0.15, 0.2) is 30.3 Å². The molecule has 0 atom stereocenters. The molecule has 2 aromatic rings. The summed E-state index contributed by atoms with van der Waals surface area (Å²) in [4.78, 5) is 2.78. The highest BCUT2D eigenvalue weighted by Gasteiger charge is 2.15. The highest BCUT2D eigenvalue weighted by Crippen LogP contribution is 2.36. The molecule has 0 aliphatic carbocycles. The first-order valence-corrected chi connectivity index (χ1v) is 6.09. The Labute approximate surface area is 93.8 Å². The average Bonchev–Trinajstić information content (AvgIpc) is 2.84. The van der Waals surface area contributed by atoms with E-state index in [0.717, 1.165) is 13.0 Å². The monoisotopic (exact) mass is 215 g/mol. The van der Waals surface area contributed by atoms with Crippen LogP contribution in [0.2, 0.25) is 0 Å². The molecule has 0 saturated carbocycles. The lowest BCUT2D eigenvalue weighted by Gasteiger charge is -2.05. The van der Waals surface area contributed by atoms with Gasteiger partial charge in [-0.2, -0.15) is 0 Å². The Morgan fingerprint density at radius 3 is 2.93 bits per heavy atom. The second kappa shape index (κ2) is 3.38. The summed E-state index contributed by atoms with van der Waals surface area (Å²) in [6.07, 6.45) is 1.16. The Morgan fingerprint density at radius 1 is 1.20 bits per heavy atom. The van der Waals surface area contributed by atoms with Gasteiger partial charge in [-0.25, -0.2) is 0 Å². The van der Waals surface area contributed by atoms with Crippen LogP contribution in [0.4, 0.5) is 5.69 Å². The molecule has 1 aromatic heterocycles. The molecule has 0 amide bonds. The van der Waals surface area contributed by atoms with E-state index in [9.17, 15) is 0 Å². The molecule has 2 heterocycles. The molecule has 2 heteroatoms. The number of benzene rings is 1. The summed E-state index contributed by atoms with van der Waals surface area (Å²) in [5.74, 6) is 0. The molecule has 76 valence electrons. The van der Waals surface area contributed by atoms with Crippen molar-refractivity contribution < 1.29 is 0 Å². The van der Waals surface area contributed by atoms with Gasteiger partial charge in [0.1, 0.15) is 0 Å². The fourth-order valence-corrected chi connectivity index (χ4v) is 3.07. The van der Waals surface area contributed by atoms with Crippen molar-refractivity contribution in [1.29, 1.82) is 0 Å². The summed E-state index contributed by atoms with van der Waals surface area (Å²) >= 11 is 1.88. The van der Waals surface area contributed by atoms with Gasteiger partial charge in [0.05, 0.1) is 0 Å². The van der Waals surface area contributed by atoms with Gasteiger partial charge in [0.25, 0.3) is 0 Å². The molecule has 0 saturated heterocycles. The van der Waals surface area contributed by atoms with Gasteiger partial charge in [-0.05, 0) is 42.7 Å². The Hall–Kier alpha value is -1.28. The predicted molar refractivity (Wildman–Crippen MR) is 66.7 cm³/mol. The molecule has 1 nitrogen and oxygen atoms in total. The Kier molecular flexibility index (Phi) is 2.03. The molecule has 1 aliphatic heterocycles. The highest BCUT2D eigenvalue weighted by molar-refractivity contribution is 7.15. The van der Waals surface area contributed by atoms with E-state index in [1.165, 1.54) is 26.6 Å². The van der Waals surface area contributed by atoms with Crippen molar-refractivity contribution in [3.63, 3.8) is 0 Å². The average molecular weight is 215 g/mol. The van der Waals surface area contributed by atoms with E-state index in [2.05, 4.69) is 42.6 Å². The van der Waals surface area contributed by atoms with Crippen LogP contribution < -0.4 is 5.32 Å². The van der Waals surface area contributed by atoms with Crippen molar-refractivity contribution in [2.75, 3.05) is 11.9 Å². The van der Waals surface area contributed by atoms with Crippen LogP contribution in [0.5, 0.6) is 0 Å². The summed E-state index contributed by atoms with van der Waals surface area (Å²) in [6.45, 7) is 3.24. The van der Waals surface area contributed by atoms with Crippen molar-refractivity contribution in [2.24, 2.45) is 0 Å². The van der Waals surface area contributed by atoms with E-state index in [1.807, 2.05) is 11.3 Å². The lowest BCUT2D eigenvalue weighted by Crippen LogP contribution is -1.90. The first-order chi connectivity index (χ1) is 7.34. The maximum absolute atomic E-state index is 3.42. The summed E-state index contributed by atoms with van der Waals surface area (Å²) in [7, 11) is 0. The summed E-state index contributed by atoms with van der Waals surface area (Å²) in [5, 5.41) is 3.42. The molecule has 0 spiro atoms. The van der Waals surface area contributed by atoms with Crippen LogP contribution in [0, 0.1) is 6.92 Å². The van der Waals surface area contributed by atoms with Crippen LogP contribution in [0.1, 0.15) is 10.4 Å². The predicted octanol–water partition coefficient (Wildman–Crippen LogP) is 3.69. The summed E-state index contributed by atoms with van der Waals surface area (Å²) in [5.41, 5.74) is 4.22. The van der Waals surface area contributed by atoms with E-state index in [1.54, 1.807) is 0 Å². The van der Waals surface area contributed by atoms with Gasteiger partial charge in [0.15, 0.2) is 0 Å². The number of fused-ring (bicyclic) bond motifs is 1. The fraction of sp³-hybridized carbons (Fsp3) is 0.231. The van der Waals surface area contributed by atoms with E-state index >= 15 is 0 Å². The van der Waals surface area contributed by atoms with Gasteiger partial charge in [-0.3, -0.25) is 0 Å². The largest absolute Gasteiger partial charge is 0.384 e. The third kappa shape index (κ3) is 1.45. The minimum absolute atomic E-state index is 1.08. The topological polar surface area (TPSA) is 12.0 Å². The van der Waals surface area contributed by atoms with E-state index in [4.69, 9.17) is 0 Å². The molecule has 0 bridgehead atoms. The zero-order valence-corrected chi connectivity index (χ0v) is 9.53. The smallest absolute Gasteiger partial charge is 0.0380 e. The van der Waals surface area contributed by atoms with Gasteiger partial charge in [-0.1, -0.05) is 12.1 Å². The van der Waals surface area contributed by atoms with E-state index in [0.29, 0.717) is 0 Å². The zero-order valence-electron chi connectivity index (χ0n) is 8.71. The van der Waals surface area contributed by atoms with Crippen molar-refractivity contribution in [3.05, 3.63) is 40.8 Å². The number of aryl methyl sites for hydroxylation is 1. The molecule has 1 aromatic carbocycles. The third-order valence-corrected chi connectivity index (χ3v) is 3.91. The minimum Gasteiger partial charge on any atom is -0.384 e. The van der Waals surface area contributed by atoms with Crippen LogP contribution in [-0.4, -0.2) is 6.54 Å². The molecule has 0 unspecified atom stereocenters. The first-order valence-electron chi connectivity index (χ1n) is 5.27. The number of anilines is 1. The molecular weight excluding hydrogens is 202 g/mol. The fourth-order valence-electron chi connectivity index (χ4n) is 2.15. The quantitative estimate of drug-likeness (QED) is 0.765. The lowest BCUT2D eigenvalue weighted by atomic mass is 10.0. The van der Waals surface area contributed by atoms with Crippen LogP contribution in [0.25, 0.3) is 10.4 Å². The van der Waals surface area contributed by atoms with Crippen molar-refractivity contribution in [1.82, 2.24) is 0 Å². The molecule has 1 aliphatic rings. The number of hydrogen-bond acceptors (Lipinski definition) is 2. The molecule has 15 heavy (non-hydrogen) atoms. The summed E-state index contributed by atoms with van der Waals surface area (Å²) in [6, 6.07) is 11.0. The number of thiophene rings is 1. The molecular formula is C13H13NS. The van der Waals surface area contributed by atoms with Crippen molar-refractivity contribution in [3.8, 4) is 10.4 Å². The van der Waals surface area contributed by atoms with Gasteiger partial charge in [0.2, 0.25) is 0 Å². The first kappa shape index (κ1) is 8.98. The third-order valence-electron chi connectivity index (χ3n) is 2.87. The summed E-state index contributed by atoms with van der Waals surface area (Å²) < 4.78 is 0. The van der Waals surface area contributed by atoms with Gasteiger partial charge >= 0.3 is 0 Å². The maximum atomic E-state index is 3.42. The Bertz CT molecular complexity index is 499. The van der Waals surface area contributed by atoms with Crippen molar-refractivity contribution in [2.45, 2.75) is 13.3 Å². The highest BCUT2D eigenvalue weighted by atomic mass is 32.1. The van der Waals surface area contributed by atoms with Gasteiger partial charge in [-0.15, -0.1) is 11.3 Å².